The Morgan fingerprint density at radius 1 is 1.46 bits per heavy atom. The molecule has 0 aliphatic heterocycles. The normalized spacial score (nSPS) is 10.6. The van der Waals surface area contributed by atoms with E-state index in [-0.39, 0.29) is 0 Å². The highest BCUT2D eigenvalue weighted by Crippen LogP contribution is 2.08. The SMILES string of the molecule is Cc1cnc(Cc2cnn(C)c2)o1. The summed E-state index contributed by atoms with van der Waals surface area (Å²) in [5.41, 5.74) is 1.12. The fourth-order valence-corrected chi connectivity index (χ4v) is 1.22. The molecule has 0 unspecified atom stereocenters. The van der Waals surface area contributed by atoms with Crippen molar-refractivity contribution in [1.82, 2.24) is 14.8 Å². The van der Waals surface area contributed by atoms with Crippen molar-refractivity contribution in [2.24, 2.45) is 7.05 Å². The highest BCUT2D eigenvalue weighted by atomic mass is 16.3. The van der Waals surface area contributed by atoms with Crippen molar-refractivity contribution >= 4 is 0 Å². The summed E-state index contributed by atoms with van der Waals surface area (Å²) >= 11 is 0. The second kappa shape index (κ2) is 3.05. The molecule has 2 rings (SSSR count). The molecule has 0 atom stereocenters. The van der Waals surface area contributed by atoms with Gasteiger partial charge in [0.15, 0.2) is 5.89 Å². The van der Waals surface area contributed by atoms with E-state index in [2.05, 4.69) is 10.1 Å². The summed E-state index contributed by atoms with van der Waals surface area (Å²) in [6, 6.07) is 0. The van der Waals surface area contributed by atoms with E-state index in [4.69, 9.17) is 4.42 Å². The van der Waals surface area contributed by atoms with Crippen LogP contribution < -0.4 is 0 Å². The predicted octanol–water partition coefficient (Wildman–Crippen LogP) is 1.31. The standard InChI is InChI=1S/C9H11N3O/c1-7-4-10-9(13-7)3-8-5-11-12(2)6-8/h4-6H,3H2,1-2H3. The zero-order chi connectivity index (χ0) is 9.26. The largest absolute Gasteiger partial charge is 0.446 e. The molecular weight excluding hydrogens is 166 g/mol. The lowest BCUT2D eigenvalue weighted by Crippen LogP contribution is -1.86. The molecule has 0 N–H and O–H groups in total. The highest BCUT2D eigenvalue weighted by Gasteiger charge is 2.03. The number of oxazole rings is 1. The Labute approximate surface area is 76.2 Å². The maximum absolute atomic E-state index is 5.35. The first kappa shape index (κ1) is 8.04. The number of aryl methyl sites for hydroxylation is 2. The van der Waals surface area contributed by atoms with Crippen LogP contribution in [0, 0.1) is 6.92 Å². The van der Waals surface area contributed by atoms with E-state index in [1.54, 1.807) is 10.9 Å². The summed E-state index contributed by atoms with van der Waals surface area (Å²) in [4.78, 5) is 4.12. The van der Waals surface area contributed by atoms with Gasteiger partial charge in [0.2, 0.25) is 0 Å². The molecule has 2 heterocycles. The van der Waals surface area contributed by atoms with Crippen LogP contribution in [0.3, 0.4) is 0 Å². The average Bonchev–Trinajstić information content (AvgIpc) is 2.62. The van der Waals surface area contributed by atoms with E-state index in [1.807, 2.05) is 26.4 Å². The Morgan fingerprint density at radius 3 is 2.85 bits per heavy atom. The molecule has 0 bridgehead atoms. The lowest BCUT2D eigenvalue weighted by atomic mass is 10.2. The van der Waals surface area contributed by atoms with E-state index >= 15 is 0 Å². The third-order valence-electron chi connectivity index (χ3n) is 1.78. The first-order valence-corrected chi connectivity index (χ1v) is 4.13. The molecule has 4 heteroatoms. The van der Waals surface area contributed by atoms with Crippen molar-refractivity contribution in [3.63, 3.8) is 0 Å². The van der Waals surface area contributed by atoms with Crippen LogP contribution in [0.15, 0.2) is 23.0 Å². The van der Waals surface area contributed by atoms with Gasteiger partial charge in [0.1, 0.15) is 5.76 Å². The van der Waals surface area contributed by atoms with Crippen molar-refractivity contribution < 1.29 is 4.42 Å². The Kier molecular flexibility index (Phi) is 1.88. The summed E-state index contributed by atoms with van der Waals surface area (Å²) in [6.45, 7) is 1.89. The zero-order valence-corrected chi connectivity index (χ0v) is 7.69. The number of aromatic nitrogens is 3. The second-order valence-corrected chi connectivity index (χ2v) is 3.06. The maximum Gasteiger partial charge on any atom is 0.198 e. The van der Waals surface area contributed by atoms with Gasteiger partial charge in [0.05, 0.1) is 18.8 Å². The van der Waals surface area contributed by atoms with Crippen molar-refractivity contribution in [3.05, 3.63) is 35.8 Å². The lowest BCUT2D eigenvalue weighted by Gasteiger charge is -1.89. The summed E-state index contributed by atoms with van der Waals surface area (Å²) in [5.74, 6) is 1.59. The Balaban J connectivity index is 2.14. The summed E-state index contributed by atoms with van der Waals surface area (Å²) in [5, 5.41) is 4.07. The van der Waals surface area contributed by atoms with Crippen LogP contribution in [0.25, 0.3) is 0 Å². The molecule has 2 aromatic heterocycles. The quantitative estimate of drug-likeness (QED) is 0.694. The third-order valence-corrected chi connectivity index (χ3v) is 1.78. The van der Waals surface area contributed by atoms with E-state index in [0.717, 1.165) is 17.2 Å². The van der Waals surface area contributed by atoms with Crippen LogP contribution in [0.4, 0.5) is 0 Å². The fourth-order valence-electron chi connectivity index (χ4n) is 1.22. The molecule has 13 heavy (non-hydrogen) atoms. The fraction of sp³-hybridized carbons (Fsp3) is 0.333. The molecule has 0 aliphatic carbocycles. The molecule has 0 aliphatic rings. The van der Waals surface area contributed by atoms with E-state index in [9.17, 15) is 0 Å². The molecule has 0 saturated heterocycles. The minimum absolute atomic E-state index is 0.710. The molecule has 0 amide bonds. The minimum atomic E-state index is 0.710. The van der Waals surface area contributed by atoms with Gasteiger partial charge in [-0.1, -0.05) is 0 Å². The van der Waals surface area contributed by atoms with Crippen LogP contribution in [0.1, 0.15) is 17.2 Å². The van der Waals surface area contributed by atoms with Crippen molar-refractivity contribution in [2.45, 2.75) is 13.3 Å². The van der Waals surface area contributed by atoms with Crippen molar-refractivity contribution in [2.75, 3.05) is 0 Å². The molecule has 0 spiro atoms. The molecule has 0 saturated carbocycles. The van der Waals surface area contributed by atoms with E-state index < -0.39 is 0 Å². The van der Waals surface area contributed by atoms with Gasteiger partial charge < -0.3 is 4.42 Å². The van der Waals surface area contributed by atoms with Gasteiger partial charge in [-0.05, 0) is 12.5 Å². The van der Waals surface area contributed by atoms with Gasteiger partial charge in [-0.15, -0.1) is 0 Å². The molecule has 68 valence electrons. The van der Waals surface area contributed by atoms with Gasteiger partial charge in [-0.25, -0.2) is 4.98 Å². The number of hydrogen-bond acceptors (Lipinski definition) is 3. The molecule has 0 radical (unpaired) electrons. The summed E-state index contributed by atoms with van der Waals surface area (Å²) in [6.07, 6.45) is 6.21. The highest BCUT2D eigenvalue weighted by molar-refractivity contribution is 5.10. The molecule has 0 aromatic carbocycles. The monoisotopic (exact) mass is 177 g/mol. The topological polar surface area (TPSA) is 43.9 Å². The first-order valence-electron chi connectivity index (χ1n) is 4.13. The van der Waals surface area contributed by atoms with Gasteiger partial charge >= 0.3 is 0 Å². The van der Waals surface area contributed by atoms with Crippen LogP contribution >= 0.6 is 0 Å². The predicted molar refractivity (Wildman–Crippen MR) is 47.3 cm³/mol. The third kappa shape index (κ3) is 1.77. The zero-order valence-electron chi connectivity index (χ0n) is 7.69. The van der Waals surface area contributed by atoms with Crippen molar-refractivity contribution in [1.29, 1.82) is 0 Å². The second-order valence-electron chi connectivity index (χ2n) is 3.06. The van der Waals surface area contributed by atoms with Crippen LogP contribution in [-0.2, 0) is 13.5 Å². The van der Waals surface area contributed by atoms with Gasteiger partial charge in [0, 0.05) is 13.2 Å². The average molecular weight is 177 g/mol. The molecular formula is C9H11N3O. The Morgan fingerprint density at radius 2 is 2.31 bits per heavy atom. The summed E-state index contributed by atoms with van der Waals surface area (Å²) < 4.78 is 7.12. The van der Waals surface area contributed by atoms with Crippen LogP contribution in [0.5, 0.6) is 0 Å². The number of nitrogens with zero attached hydrogens (tertiary/aromatic N) is 3. The number of rotatable bonds is 2. The van der Waals surface area contributed by atoms with Crippen LogP contribution in [0.2, 0.25) is 0 Å². The molecule has 2 aromatic rings. The van der Waals surface area contributed by atoms with E-state index in [1.165, 1.54) is 0 Å². The lowest BCUT2D eigenvalue weighted by molar-refractivity contribution is 0.481. The smallest absolute Gasteiger partial charge is 0.198 e. The van der Waals surface area contributed by atoms with Crippen molar-refractivity contribution in [3.8, 4) is 0 Å². The van der Waals surface area contributed by atoms with Gasteiger partial charge in [0.25, 0.3) is 0 Å². The molecule has 0 fully saturated rings. The van der Waals surface area contributed by atoms with Gasteiger partial charge in [-0.2, -0.15) is 5.10 Å². The summed E-state index contributed by atoms with van der Waals surface area (Å²) in [7, 11) is 1.89. The van der Waals surface area contributed by atoms with Crippen LogP contribution in [-0.4, -0.2) is 14.8 Å². The first-order chi connectivity index (χ1) is 6.24. The number of hydrogen-bond donors (Lipinski definition) is 0. The molecule has 4 nitrogen and oxygen atoms in total. The van der Waals surface area contributed by atoms with Gasteiger partial charge in [-0.3, -0.25) is 4.68 Å². The minimum Gasteiger partial charge on any atom is -0.446 e. The Bertz CT molecular complexity index is 364. The Hall–Kier alpha value is -1.58. The van der Waals surface area contributed by atoms with E-state index in [0.29, 0.717) is 6.42 Å². The maximum atomic E-state index is 5.35.